The molecule has 2 heteroatoms. The van der Waals surface area contributed by atoms with Crippen molar-refractivity contribution < 1.29 is 9.64 Å². The number of rotatable bonds is 4. The number of aryl methyl sites for hydroxylation is 1. The molecule has 1 aromatic carbocycles. The van der Waals surface area contributed by atoms with Gasteiger partial charge in [0.15, 0.2) is 0 Å². The van der Waals surface area contributed by atoms with Crippen LogP contribution in [-0.4, -0.2) is 19.7 Å². The van der Waals surface area contributed by atoms with Crippen molar-refractivity contribution in [2.75, 3.05) is 13.7 Å². The zero-order chi connectivity index (χ0) is 13.0. The lowest BCUT2D eigenvalue weighted by atomic mass is 9.99. The molecule has 1 saturated heterocycles. The fraction of sp³-hybridized carbons (Fsp3) is 0.625. The van der Waals surface area contributed by atoms with Gasteiger partial charge in [0.2, 0.25) is 0 Å². The number of hydrogen-bond acceptors (Lipinski definition) is 1. The molecule has 100 valence electrons. The molecule has 1 aliphatic rings. The first-order chi connectivity index (χ1) is 8.74. The molecule has 0 aromatic heterocycles. The van der Waals surface area contributed by atoms with E-state index >= 15 is 0 Å². The highest BCUT2D eigenvalue weighted by Gasteiger charge is 2.24. The van der Waals surface area contributed by atoms with Gasteiger partial charge in [0.1, 0.15) is 12.3 Å². The van der Waals surface area contributed by atoms with Crippen molar-refractivity contribution in [1.29, 1.82) is 0 Å². The third-order valence-corrected chi connectivity index (χ3v) is 4.26. The van der Waals surface area contributed by atoms with Crippen molar-refractivity contribution in [3.8, 4) is 5.75 Å². The van der Waals surface area contributed by atoms with Gasteiger partial charge < -0.3 is 9.64 Å². The van der Waals surface area contributed by atoms with Gasteiger partial charge in [-0.25, -0.2) is 0 Å². The van der Waals surface area contributed by atoms with Crippen molar-refractivity contribution in [3.63, 3.8) is 0 Å². The first kappa shape index (κ1) is 13.4. The van der Waals surface area contributed by atoms with E-state index in [1.807, 2.05) is 0 Å². The standard InChI is InChI=1S/C16H25NO/c1-4-15-7-5-6-10-17(15)12-14-8-9-16(18-3)13(2)11-14/h8-9,11,15H,4-7,10,12H2,1-3H3/p+1/t15-/m0/s1. The molecule has 0 aliphatic carbocycles. The number of hydrogen-bond donors (Lipinski definition) is 1. The Morgan fingerprint density at radius 3 is 2.83 bits per heavy atom. The van der Waals surface area contributed by atoms with E-state index in [1.54, 1.807) is 12.0 Å². The predicted molar refractivity (Wildman–Crippen MR) is 75.2 cm³/mol. The van der Waals surface area contributed by atoms with E-state index in [-0.39, 0.29) is 0 Å². The number of quaternary nitrogens is 1. The van der Waals surface area contributed by atoms with Crippen LogP contribution < -0.4 is 9.64 Å². The third kappa shape index (κ3) is 3.05. The second-order valence-corrected chi connectivity index (χ2v) is 5.49. The Labute approximate surface area is 111 Å². The molecule has 0 saturated carbocycles. The molecule has 0 bridgehead atoms. The van der Waals surface area contributed by atoms with E-state index in [0.717, 1.165) is 11.8 Å². The van der Waals surface area contributed by atoms with Crippen molar-refractivity contribution >= 4 is 0 Å². The average Bonchev–Trinajstić information content (AvgIpc) is 2.39. The molecule has 1 heterocycles. The van der Waals surface area contributed by atoms with Gasteiger partial charge in [-0.05, 0) is 56.4 Å². The summed E-state index contributed by atoms with van der Waals surface area (Å²) in [6.07, 6.45) is 5.52. The zero-order valence-corrected chi connectivity index (χ0v) is 12.0. The molecular formula is C16H26NO+. The van der Waals surface area contributed by atoms with Crippen LogP contribution in [0.15, 0.2) is 18.2 Å². The van der Waals surface area contributed by atoms with E-state index in [2.05, 4.69) is 32.0 Å². The topological polar surface area (TPSA) is 13.7 Å². The van der Waals surface area contributed by atoms with Crippen molar-refractivity contribution in [1.82, 2.24) is 0 Å². The van der Waals surface area contributed by atoms with Gasteiger partial charge in [-0.2, -0.15) is 0 Å². The molecule has 0 radical (unpaired) electrons. The number of likely N-dealkylation sites (tertiary alicyclic amines) is 1. The van der Waals surface area contributed by atoms with E-state index in [9.17, 15) is 0 Å². The SMILES string of the molecule is CC[C@H]1CCCC[NH+]1Cc1ccc(OC)c(C)c1. The van der Waals surface area contributed by atoms with Crippen LogP contribution in [0, 0.1) is 6.92 Å². The molecule has 2 nitrogen and oxygen atoms in total. The fourth-order valence-corrected chi connectivity index (χ4v) is 3.19. The maximum atomic E-state index is 5.33. The maximum Gasteiger partial charge on any atom is 0.121 e. The first-order valence-electron chi connectivity index (χ1n) is 7.22. The molecule has 18 heavy (non-hydrogen) atoms. The summed E-state index contributed by atoms with van der Waals surface area (Å²) < 4.78 is 5.33. The van der Waals surface area contributed by atoms with Gasteiger partial charge in [-0.3, -0.25) is 0 Å². The van der Waals surface area contributed by atoms with Crippen molar-refractivity contribution in [3.05, 3.63) is 29.3 Å². The number of piperidine rings is 1. The summed E-state index contributed by atoms with van der Waals surface area (Å²) in [5.74, 6) is 0.999. The zero-order valence-electron chi connectivity index (χ0n) is 12.0. The summed E-state index contributed by atoms with van der Waals surface area (Å²) in [6, 6.07) is 7.48. The Hall–Kier alpha value is -1.02. The number of benzene rings is 1. The Morgan fingerprint density at radius 1 is 1.33 bits per heavy atom. The Bertz CT molecular complexity index is 389. The average molecular weight is 248 g/mol. The molecule has 0 amide bonds. The van der Waals surface area contributed by atoms with Crippen molar-refractivity contribution in [2.24, 2.45) is 0 Å². The minimum Gasteiger partial charge on any atom is -0.496 e. The summed E-state index contributed by atoms with van der Waals surface area (Å²) in [5.41, 5.74) is 2.70. The molecule has 1 fully saturated rings. The number of nitrogens with one attached hydrogen (secondary N) is 1. The van der Waals surface area contributed by atoms with Crippen LogP contribution in [0.2, 0.25) is 0 Å². The molecule has 0 spiro atoms. The molecular weight excluding hydrogens is 222 g/mol. The second kappa shape index (κ2) is 6.24. The highest BCUT2D eigenvalue weighted by Crippen LogP contribution is 2.18. The summed E-state index contributed by atoms with van der Waals surface area (Å²) in [5, 5.41) is 0. The normalized spacial score (nSPS) is 23.9. The fourth-order valence-electron chi connectivity index (χ4n) is 3.19. The largest absolute Gasteiger partial charge is 0.496 e. The molecule has 2 atom stereocenters. The van der Waals surface area contributed by atoms with Gasteiger partial charge in [-0.15, -0.1) is 0 Å². The molecule has 1 aliphatic heterocycles. The Morgan fingerprint density at radius 2 is 2.17 bits per heavy atom. The molecule has 1 N–H and O–H groups in total. The van der Waals surface area contributed by atoms with Gasteiger partial charge in [0.25, 0.3) is 0 Å². The van der Waals surface area contributed by atoms with Crippen LogP contribution >= 0.6 is 0 Å². The highest BCUT2D eigenvalue weighted by molar-refractivity contribution is 5.35. The minimum atomic E-state index is 0.862. The third-order valence-electron chi connectivity index (χ3n) is 4.26. The van der Waals surface area contributed by atoms with Gasteiger partial charge in [0.05, 0.1) is 19.7 Å². The predicted octanol–water partition coefficient (Wildman–Crippen LogP) is 2.35. The maximum absolute atomic E-state index is 5.33. The Balaban J connectivity index is 2.05. The summed E-state index contributed by atoms with van der Waals surface area (Å²) in [6.45, 7) is 6.97. The molecule has 2 rings (SSSR count). The van der Waals surface area contributed by atoms with Crippen molar-refractivity contribution in [2.45, 2.75) is 52.1 Å². The lowest BCUT2D eigenvalue weighted by molar-refractivity contribution is -0.944. The number of ether oxygens (including phenoxy) is 1. The Kier molecular flexibility index (Phi) is 4.65. The minimum absolute atomic E-state index is 0.862. The highest BCUT2D eigenvalue weighted by atomic mass is 16.5. The van der Waals surface area contributed by atoms with E-state index in [1.165, 1.54) is 49.9 Å². The first-order valence-corrected chi connectivity index (χ1v) is 7.22. The van der Waals surface area contributed by atoms with Crippen LogP contribution in [-0.2, 0) is 6.54 Å². The monoisotopic (exact) mass is 248 g/mol. The van der Waals surface area contributed by atoms with E-state index < -0.39 is 0 Å². The van der Waals surface area contributed by atoms with E-state index in [4.69, 9.17) is 4.74 Å². The summed E-state index contributed by atoms with van der Waals surface area (Å²) in [4.78, 5) is 1.77. The van der Waals surface area contributed by atoms with Gasteiger partial charge in [0, 0.05) is 5.56 Å². The number of methoxy groups -OCH3 is 1. The smallest absolute Gasteiger partial charge is 0.121 e. The van der Waals surface area contributed by atoms with Crippen LogP contribution in [0.3, 0.4) is 0 Å². The van der Waals surface area contributed by atoms with Crippen LogP contribution in [0.5, 0.6) is 5.75 Å². The van der Waals surface area contributed by atoms with Crippen LogP contribution in [0.1, 0.15) is 43.7 Å². The van der Waals surface area contributed by atoms with Crippen LogP contribution in [0.4, 0.5) is 0 Å². The second-order valence-electron chi connectivity index (χ2n) is 5.49. The van der Waals surface area contributed by atoms with Gasteiger partial charge >= 0.3 is 0 Å². The summed E-state index contributed by atoms with van der Waals surface area (Å²) in [7, 11) is 1.74. The van der Waals surface area contributed by atoms with Crippen LogP contribution in [0.25, 0.3) is 0 Å². The lowest BCUT2D eigenvalue weighted by Gasteiger charge is -2.32. The molecule has 1 unspecified atom stereocenters. The quantitative estimate of drug-likeness (QED) is 0.863. The lowest BCUT2D eigenvalue weighted by Crippen LogP contribution is -3.15. The van der Waals surface area contributed by atoms with E-state index in [0.29, 0.717) is 0 Å². The van der Waals surface area contributed by atoms with Gasteiger partial charge in [-0.1, -0.05) is 6.92 Å². The molecule has 1 aromatic rings. The summed E-state index contributed by atoms with van der Waals surface area (Å²) >= 11 is 0.